The third kappa shape index (κ3) is 4.02. The zero-order chi connectivity index (χ0) is 16.3. The second-order valence-electron chi connectivity index (χ2n) is 8.01. The Morgan fingerprint density at radius 1 is 1.18 bits per heavy atom. The molecule has 1 N–H and O–H groups in total. The summed E-state index contributed by atoms with van der Waals surface area (Å²) in [7, 11) is 4.18. The van der Waals surface area contributed by atoms with Crippen molar-refractivity contribution in [2.45, 2.75) is 76.9 Å². The molecule has 1 aliphatic heterocycles. The van der Waals surface area contributed by atoms with Gasteiger partial charge in [0.15, 0.2) is 0 Å². The van der Waals surface area contributed by atoms with Crippen molar-refractivity contribution in [3.05, 3.63) is 0 Å². The van der Waals surface area contributed by atoms with Crippen molar-refractivity contribution in [3.63, 3.8) is 0 Å². The van der Waals surface area contributed by atoms with Crippen LogP contribution in [-0.4, -0.2) is 60.5 Å². The fourth-order valence-corrected chi connectivity index (χ4v) is 4.11. The Balaban J connectivity index is 2.07. The van der Waals surface area contributed by atoms with Crippen LogP contribution in [-0.2, 0) is 4.79 Å². The Morgan fingerprint density at radius 2 is 1.73 bits per heavy atom. The van der Waals surface area contributed by atoms with Crippen molar-refractivity contribution in [1.29, 1.82) is 0 Å². The number of nitrogens with one attached hydrogen (secondary N) is 1. The average Bonchev–Trinajstić information content (AvgIpc) is 2.48. The zero-order valence-corrected chi connectivity index (χ0v) is 15.2. The number of nitrogens with zero attached hydrogens (tertiary/aromatic N) is 2. The molecule has 0 radical (unpaired) electrons. The fourth-order valence-electron chi connectivity index (χ4n) is 4.11. The smallest absolute Gasteiger partial charge is 0.242 e. The fraction of sp³-hybridized carbons (Fsp3) is 0.944. The molecule has 0 spiro atoms. The lowest BCUT2D eigenvalue weighted by Crippen LogP contribution is -2.64. The van der Waals surface area contributed by atoms with Crippen LogP contribution in [0.1, 0.15) is 59.3 Å². The third-order valence-corrected chi connectivity index (χ3v) is 5.67. The summed E-state index contributed by atoms with van der Waals surface area (Å²) in [5.41, 5.74) is -0.349. The molecule has 1 aliphatic carbocycles. The van der Waals surface area contributed by atoms with Crippen LogP contribution in [0.5, 0.6) is 0 Å². The minimum atomic E-state index is -0.349. The monoisotopic (exact) mass is 309 g/mol. The summed E-state index contributed by atoms with van der Waals surface area (Å²) in [6, 6.07) is 0.779. The molecule has 2 aliphatic rings. The molecule has 1 saturated carbocycles. The number of rotatable bonds is 4. The summed E-state index contributed by atoms with van der Waals surface area (Å²) in [6.07, 6.45) is 6.70. The van der Waals surface area contributed by atoms with Gasteiger partial charge in [-0.05, 0) is 65.3 Å². The molecule has 2 rings (SSSR count). The number of piperidine rings is 1. The molecule has 4 heteroatoms. The summed E-state index contributed by atoms with van der Waals surface area (Å²) < 4.78 is 0. The SMILES string of the molecule is CC1CCC(N(C)C(=O)C2(NC(C)C)CCN(C)CC2)CC1. The highest BCUT2D eigenvalue weighted by molar-refractivity contribution is 5.86. The molecule has 22 heavy (non-hydrogen) atoms. The van der Waals surface area contributed by atoms with Crippen molar-refractivity contribution in [3.8, 4) is 0 Å². The minimum absolute atomic E-state index is 0.328. The van der Waals surface area contributed by atoms with E-state index < -0.39 is 0 Å². The van der Waals surface area contributed by atoms with E-state index in [4.69, 9.17) is 0 Å². The lowest BCUT2D eigenvalue weighted by molar-refractivity contribution is -0.142. The first-order valence-corrected chi connectivity index (χ1v) is 9.07. The van der Waals surface area contributed by atoms with Crippen LogP contribution in [0.4, 0.5) is 0 Å². The standard InChI is InChI=1S/C18H35N3O/c1-14(2)19-18(10-12-20(4)13-11-18)17(22)21(5)16-8-6-15(3)7-9-16/h14-16,19H,6-13H2,1-5H3. The molecule has 0 aromatic rings. The first-order chi connectivity index (χ1) is 10.3. The van der Waals surface area contributed by atoms with Crippen LogP contribution in [0.25, 0.3) is 0 Å². The van der Waals surface area contributed by atoms with Crippen molar-refractivity contribution in [1.82, 2.24) is 15.1 Å². The molecular weight excluding hydrogens is 274 g/mol. The molecular formula is C18H35N3O. The van der Waals surface area contributed by atoms with E-state index in [2.05, 4.69) is 42.9 Å². The normalized spacial score (nSPS) is 29.5. The van der Waals surface area contributed by atoms with E-state index >= 15 is 0 Å². The summed E-state index contributed by atoms with van der Waals surface area (Å²) >= 11 is 0. The summed E-state index contributed by atoms with van der Waals surface area (Å²) in [4.78, 5) is 17.7. The van der Waals surface area contributed by atoms with Gasteiger partial charge in [-0.25, -0.2) is 0 Å². The van der Waals surface area contributed by atoms with Gasteiger partial charge in [-0.2, -0.15) is 0 Å². The van der Waals surface area contributed by atoms with E-state index in [9.17, 15) is 4.79 Å². The number of hydrogen-bond donors (Lipinski definition) is 1. The first-order valence-electron chi connectivity index (χ1n) is 9.07. The quantitative estimate of drug-likeness (QED) is 0.866. The van der Waals surface area contributed by atoms with Gasteiger partial charge >= 0.3 is 0 Å². The van der Waals surface area contributed by atoms with Gasteiger partial charge in [0, 0.05) is 32.2 Å². The largest absolute Gasteiger partial charge is 0.341 e. The van der Waals surface area contributed by atoms with Gasteiger partial charge in [0.05, 0.1) is 0 Å². The van der Waals surface area contributed by atoms with Crippen LogP contribution < -0.4 is 5.32 Å². The van der Waals surface area contributed by atoms with Crippen LogP contribution >= 0.6 is 0 Å². The Hall–Kier alpha value is -0.610. The highest BCUT2D eigenvalue weighted by atomic mass is 16.2. The van der Waals surface area contributed by atoms with Gasteiger partial charge < -0.3 is 15.1 Å². The Morgan fingerprint density at radius 3 is 2.23 bits per heavy atom. The maximum Gasteiger partial charge on any atom is 0.242 e. The molecule has 4 nitrogen and oxygen atoms in total. The van der Waals surface area contributed by atoms with E-state index in [0.29, 0.717) is 18.0 Å². The predicted molar refractivity (Wildman–Crippen MR) is 91.9 cm³/mol. The van der Waals surface area contributed by atoms with Crippen LogP contribution in [0, 0.1) is 5.92 Å². The van der Waals surface area contributed by atoms with Crippen LogP contribution in [0.3, 0.4) is 0 Å². The number of hydrogen-bond acceptors (Lipinski definition) is 3. The molecule has 0 unspecified atom stereocenters. The average molecular weight is 309 g/mol. The van der Waals surface area contributed by atoms with Crippen LogP contribution in [0.2, 0.25) is 0 Å². The number of amides is 1. The van der Waals surface area contributed by atoms with Crippen molar-refractivity contribution >= 4 is 5.91 Å². The summed E-state index contributed by atoms with van der Waals surface area (Å²) in [6.45, 7) is 8.63. The maximum atomic E-state index is 13.3. The van der Waals surface area contributed by atoms with E-state index in [1.807, 2.05) is 7.05 Å². The Bertz CT molecular complexity index is 367. The van der Waals surface area contributed by atoms with Crippen molar-refractivity contribution in [2.24, 2.45) is 5.92 Å². The van der Waals surface area contributed by atoms with E-state index in [-0.39, 0.29) is 5.54 Å². The lowest BCUT2D eigenvalue weighted by Gasteiger charge is -2.45. The molecule has 0 atom stereocenters. The molecule has 1 saturated heterocycles. The highest BCUT2D eigenvalue weighted by Gasteiger charge is 2.44. The molecule has 0 bridgehead atoms. The molecule has 0 aromatic heterocycles. The number of carbonyl (C=O) groups excluding carboxylic acids is 1. The Labute approximate surface area is 136 Å². The topological polar surface area (TPSA) is 35.6 Å². The van der Waals surface area contributed by atoms with Crippen molar-refractivity contribution < 1.29 is 4.79 Å². The number of carbonyl (C=O) groups is 1. The number of likely N-dealkylation sites (N-methyl/N-ethyl adjacent to an activating group) is 1. The lowest BCUT2D eigenvalue weighted by atomic mass is 9.82. The molecule has 2 fully saturated rings. The Kier molecular flexibility index (Phi) is 5.89. The third-order valence-electron chi connectivity index (χ3n) is 5.67. The van der Waals surface area contributed by atoms with E-state index in [0.717, 1.165) is 31.8 Å². The van der Waals surface area contributed by atoms with Gasteiger partial charge in [-0.3, -0.25) is 4.79 Å². The maximum absolute atomic E-state index is 13.3. The summed E-state index contributed by atoms with van der Waals surface area (Å²) in [5.74, 6) is 1.15. The molecule has 1 heterocycles. The van der Waals surface area contributed by atoms with E-state index in [1.165, 1.54) is 25.7 Å². The van der Waals surface area contributed by atoms with Gasteiger partial charge in [0.1, 0.15) is 5.54 Å². The molecule has 1 amide bonds. The molecule has 128 valence electrons. The van der Waals surface area contributed by atoms with Gasteiger partial charge in [0.2, 0.25) is 5.91 Å². The van der Waals surface area contributed by atoms with Gasteiger partial charge in [0.25, 0.3) is 0 Å². The van der Waals surface area contributed by atoms with Crippen molar-refractivity contribution in [2.75, 3.05) is 27.2 Å². The molecule has 0 aromatic carbocycles. The van der Waals surface area contributed by atoms with Crippen LogP contribution in [0.15, 0.2) is 0 Å². The first kappa shape index (κ1) is 17.7. The van der Waals surface area contributed by atoms with E-state index in [1.54, 1.807) is 0 Å². The second kappa shape index (κ2) is 7.31. The number of likely N-dealkylation sites (tertiary alicyclic amines) is 1. The zero-order valence-electron chi connectivity index (χ0n) is 15.2. The highest BCUT2D eigenvalue weighted by Crippen LogP contribution is 2.30. The van der Waals surface area contributed by atoms with Gasteiger partial charge in [-0.1, -0.05) is 6.92 Å². The summed E-state index contributed by atoms with van der Waals surface area (Å²) in [5, 5.41) is 3.63. The van der Waals surface area contributed by atoms with Gasteiger partial charge in [-0.15, -0.1) is 0 Å². The second-order valence-corrected chi connectivity index (χ2v) is 8.01. The minimum Gasteiger partial charge on any atom is -0.341 e. The predicted octanol–water partition coefficient (Wildman–Crippen LogP) is 2.49.